The lowest BCUT2D eigenvalue weighted by Crippen LogP contribution is -2.49. The van der Waals surface area contributed by atoms with E-state index in [0.29, 0.717) is 48.1 Å². The predicted octanol–water partition coefficient (Wildman–Crippen LogP) is 2.03. The maximum Gasteiger partial charge on any atom is 0.490 e. The number of pyridine rings is 1. The van der Waals surface area contributed by atoms with Gasteiger partial charge in [0.05, 0.1) is 34.7 Å². The average Bonchev–Trinajstić information content (AvgIpc) is 3.70. The van der Waals surface area contributed by atoms with Gasteiger partial charge in [-0.25, -0.2) is 18.2 Å². The molecule has 4 heterocycles. The van der Waals surface area contributed by atoms with Crippen LogP contribution in [-0.2, 0) is 19.6 Å². The number of aliphatic hydroxyl groups is 2. The first kappa shape index (κ1) is 32.2. The molecular formula is C26H29ClF3N5O8S. The number of carboxylic acids is 1. The lowest BCUT2D eigenvalue weighted by molar-refractivity contribution is -0.192. The van der Waals surface area contributed by atoms with Crippen molar-refractivity contribution in [1.29, 1.82) is 0 Å². The highest BCUT2D eigenvalue weighted by molar-refractivity contribution is 7.90. The standard InChI is InChI=1S/C24H28ClN5O6S.C2HF3O2/c25-17-11-18-23(28-24(26-18)36-20-13-35-19(12-31)22(20)32)27-21(17)14-1-3-15(4-2-14)29-7-9-30(10-8-29)37(33,34)16-5-6-16;3-2(4,5)1(6)7/h1-4,11,16,19-20,22,31-32H,5-10,12-13H2,(H,26,27,28);(H,6,7)/t19-,20-,22-;/m1./s1. The Kier molecular flexibility index (Phi) is 9.25. The Morgan fingerprint density at radius 2 is 1.77 bits per heavy atom. The Labute approximate surface area is 254 Å². The number of anilines is 1. The molecule has 3 aliphatic rings. The third-order valence-electron chi connectivity index (χ3n) is 7.38. The summed E-state index contributed by atoms with van der Waals surface area (Å²) in [5, 5.41) is 26.8. The van der Waals surface area contributed by atoms with Crippen molar-refractivity contribution in [2.45, 2.75) is 42.6 Å². The number of aromatic nitrogens is 3. The van der Waals surface area contributed by atoms with Gasteiger partial charge in [0.2, 0.25) is 10.0 Å². The Hall–Kier alpha value is -3.22. The van der Waals surface area contributed by atoms with Crippen LogP contribution in [0.1, 0.15) is 12.8 Å². The number of piperazine rings is 1. The number of hydrogen-bond acceptors (Lipinski definition) is 10. The van der Waals surface area contributed by atoms with E-state index < -0.39 is 40.5 Å². The summed E-state index contributed by atoms with van der Waals surface area (Å²) in [5.74, 6) is -2.76. The molecule has 2 saturated heterocycles. The van der Waals surface area contributed by atoms with Crippen molar-refractivity contribution in [3.05, 3.63) is 35.4 Å². The third kappa shape index (κ3) is 7.02. The lowest BCUT2D eigenvalue weighted by Gasteiger charge is -2.35. The number of benzene rings is 1. The fourth-order valence-corrected chi connectivity index (χ4v) is 6.91. The Morgan fingerprint density at radius 1 is 1.14 bits per heavy atom. The topological polar surface area (TPSA) is 178 Å². The number of halogens is 4. The van der Waals surface area contributed by atoms with E-state index in [-0.39, 0.29) is 24.5 Å². The zero-order chi connectivity index (χ0) is 31.8. The molecule has 0 unspecified atom stereocenters. The van der Waals surface area contributed by atoms with Crippen LogP contribution in [0.4, 0.5) is 18.9 Å². The van der Waals surface area contributed by atoms with Crippen LogP contribution in [0.15, 0.2) is 30.3 Å². The van der Waals surface area contributed by atoms with E-state index in [4.69, 9.17) is 31.0 Å². The molecule has 1 saturated carbocycles. The first-order chi connectivity index (χ1) is 20.8. The summed E-state index contributed by atoms with van der Waals surface area (Å²) in [6.07, 6.45) is -5.83. The van der Waals surface area contributed by atoms with E-state index in [2.05, 4.69) is 19.9 Å². The monoisotopic (exact) mass is 663 g/mol. The van der Waals surface area contributed by atoms with E-state index in [9.17, 15) is 31.8 Å². The highest BCUT2D eigenvalue weighted by Gasteiger charge is 2.41. The zero-order valence-electron chi connectivity index (χ0n) is 22.9. The largest absolute Gasteiger partial charge is 0.490 e. The van der Waals surface area contributed by atoms with Gasteiger partial charge in [0, 0.05) is 37.4 Å². The van der Waals surface area contributed by atoms with Gasteiger partial charge in [0.15, 0.2) is 11.8 Å². The van der Waals surface area contributed by atoms with Crippen LogP contribution in [0.2, 0.25) is 5.02 Å². The molecule has 3 aromatic rings. The number of fused-ring (bicyclic) bond motifs is 1. The van der Waals surface area contributed by atoms with Gasteiger partial charge in [-0.2, -0.15) is 22.5 Å². The van der Waals surface area contributed by atoms with Crippen molar-refractivity contribution in [3.63, 3.8) is 0 Å². The molecule has 0 spiro atoms. The van der Waals surface area contributed by atoms with E-state index in [1.807, 2.05) is 24.3 Å². The van der Waals surface area contributed by atoms with Gasteiger partial charge in [-0.05, 0) is 31.0 Å². The summed E-state index contributed by atoms with van der Waals surface area (Å²) in [7, 11) is -3.13. The minimum absolute atomic E-state index is 0.139. The molecule has 6 rings (SSSR count). The van der Waals surface area contributed by atoms with Crippen LogP contribution in [0.3, 0.4) is 0 Å². The minimum Gasteiger partial charge on any atom is -0.475 e. The number of nitrogens with one attached hydrogen (secondary N) is 1. The average molecular weight is 664 g/mol. The van der Waals surface area contributed by atoms with Crippen molar-refractivity contribution in [2.24, 2.45) is 0 Å². The number of alkyl halides is 3. The van der Waals surface area contributed by atoms with E-state index in [1.165, 1.54) is 0 Å². The molecule has 0 radical (unpaired) electrons. The Morgan fingerprint density at radius 3 is 2.32 bits per heavy atom. The molecule has 0 bridgehead atoms. The number of carbonyl (C=O) groups is 1. The third-order valence-corrected chi connectivity index (χ3v) is 10.1. The molecule has 3 fully saturated rings. The minimum atomic E-state index is -5.08. The number of H-pyrrole nitrogens is 1. The smallest absolute Gasteiger partial charge is 0.475 e. The molecule has 1 aliphatic carbocycles. The second-order valence-corrected chi connectivity index (χ2v) is 13.0. The van der Waals surface area contributed by atoms with Gasteiger partial charge in [0.1, 0.15) is 12.2 Å². The van der Waals surface area contributed by atoms with Crippen LogP contribution >= 0.6 is 11.6 Å². The normalized spacial score (nSPS) is 23.0. The van der Waals surface area contributed by atoms with Crippen LogP contribution < -0.4 is 9.64 Å². The van der Waals surface area contributed by atoms with Crippen molar-refractivity contribution in [2.75, 3.05) is 44.3 Å². The Balaban J connectivity index is 0.000000493. The van der Waals surface area contributed by atoms with Gasteiger partial charge in [0.25, 0.3) is 6.01 Å². The summed E-state index contributed by atoms with van der Waals surface area (Å²) in [4.78, 5) is 23.1. The number of ether oxygens (including phenoxy) is 2. The number of rotatable bonds is 7. The van der Waals surface area contributed by atoms with E-state index in [0.717, 1.165) is 24.1 Å². The molecule has 2 aromatic heterocycles. The van der Waals surface area contributed by atoms with E-state index >= 15 is 0 Å². The number of sulfonamides is 1. The van der Waals surface area contributed by atoms with Crippen LogP contribution in [-0.4, -0.2) is 118 Å². The molecule has 18 heteroatoms. The molecule has 0 amide bonds. The maximum atomic E-state index is 12.5. The van der Waals surface area contributed by atoms with Crippen molar-refractivity contribution in [3.8, 4) is 17.3 Å². The Bertz CT molecular complexity index is 1600. The molecule has 4 N–H and O–H groups in total. The number of nitrogens with zero attached hydrogens (tertiary/aromatic N) is 4. The number of carboxylic acid groups (broad SMARTS) is 1. The van der Waals surface area contributed by atoms with E-state index in [1.54, 1.807) is 10.4 Å². The van der Waals surface area contributed by atoms with Crippen molar-refractivity contribution in [1.82, 2.24) is 19.3 Å². The molecule has 1 aromatic carbocycles. The van der Waals surface area contributed by atoms with Gasteiger partial charge in [-0.15, -0.1) is 0 Å². The second kappa shape index (κ2) is 12.6. The first-order valence-electron chi connectivity index (χ1n) is 13.6. The molecule has 3 atom stereocenters. The quantitative estimate of drug-likeness (QED) is 0.291. The van der Waals surface area contributed by atoms with Gasteiger partial charge in [-0.1, -0.05) is 23.7 Å². The number of hydrogen-bond donors (Lipinski definition) is 4. The number of aliphatic hydroxyl groups excluding tert-OH is 2. The zero-order valence-corrected chi connectivity index (χ0v) is 24.5. The predicted molar refractivity (Wildman–Crippen MR) is 151 cm³/mol. The SMILES string of the molecule is O=C(O)C(F)(F)F.O=S(=O)(C1CC1)N1CCN(c2ccc(-c3nc4nc(O[C@@H]5CO[C@H](CO)[C@H]5O)[nH]c4cc3Cl)cc2)CC1. The van der Waals surface area contributed by atoms with Gasteiger partial charge >= 0.3 is 12.1 Å². The highest BCUT2D eigenvalue weighted by Crippen LogP contribution is 2.33. The molecule has 13 nitrogen and oxygen atoms in total. The second-order valence-electron chi connectivity index (χ2n) is 10.4. The summed E-state index contributed by atoms with van der Waals surface area (Å²) in [6.45, 7) is 2.13. The van der Waals surface area contributed by atoms with Crippen LogP contribution in [0.25, 0.3) is 22.4 Å². The fourth-order valence-electron chi connectivity index (χ4n) is 4.82. The fraction of sp³-hybridized carbons (Fsp3) is 0.500. The maximum absolute atomic E-state index is 12.5. The summed E-state index contributed by atoms with van der Waals surface area (Å²) < 4.78 is 69.4. The number of aliphatic carboxylic acids is 1. The molecule has 2 aliphatic heterocycles. The van der Waals surface area contributed by atoms with Crippen LogP contribution in [0, 0.1) is 0 Å². The number of aromatic amines is 1. The summed E-state index contributed by atoms with van der Waals surface area (Å²) in [6, 6.07) is 9.76. The summed E-state index contributed by atoms with van der Waals surface area (Å²) >= 11 is 6.54. The molecule has 240 valence electrons. The van der Waals surface area contributed by atoms with Gasteiger partial charge < -0.3 is 34.7 Å². The molecular weight excluding hydrogens is 635 g/mol. The number of imidazole rings is 1. The highest BCUT2D eigenvalue weighted by atomic mass is 35.5. The summed E-state index contributed by atoms with van der Waals surface area (Å²) in [5.41, 5.74) is 3.41. The van der Waals surface area contributed by atoms with Gasteiger partial charge in [-0.3, -0.25) is 0 Å². The first-order valence-corrected chi connectivity index (χ1v) is 15.4. The van der Waals surface area contributed by atoms with Crippen molar-refractivity contribution < 1.29 is 51.2 Å². The van der Waals surface area contributed by atoms with Crippen LogP contribution in [0.5, 0.6) is 6.01 Å². The molecule has 44 heavy (non-hydrogen) atoms. The lowest BCUT2D eigenvalue weighted by atomic mass is 10.1. The van der Waals surface area contributed by atoms with Crippen molar-refractivity contribution >= 4 is 44.4 Å².